The Morgan fingerprint density at radius 2 is 1.18 bits per heavy atom. The van der Waals surface area contributed by atoms with Crippen LogP contribution in [-0.4, -0.2) is 59.9 Å². The predicted octanol–water partition coefficient (Wildman–Crippen LogP) is 8.36. The molecule has 0 spiro atoms. The van der Waals surface area contributed by atoms with Crippen LogP contribution in [0.1, 0.15) is 112 Å². The van der Waals surface area contributed by atoms with E-state index in [1.54, 1.807) is 33.8 Å². The summed E-state index contributed by atoms with van der Waals surface area (Å²) in [5.41, 5.74) is 13.3. The van der Waals surface area contributed by atoms with Crippen LogP contribution in [0.15, 0.2) is 48.7 Å². The Labute approximate surface area is 326 Å². The topological polar surface area (TPSA) is 190 Å². The highest BCUT2D eigenvalue weighted by atomic mass is 16.4. The van der Waals surface area contributed by atoms with Crippen LogP contribution in [-0.2, 0) is 19.2 Å². The van der Waals surface area contributed by atoms with E-state index in [1.165, 1.54) is 0 Å². The van der Waals surface area contributed by atoms with Crippen LogP contribution in [0.2, 0.25) is 0 Å². The molecule has 6 N–H and O–H groups in total. The van der Waals surface area contributed by atoms with Gasteiger partial charge < -0.3 is 30.8 Å². The molecule has 8 bridgehead atoms. The SMILES string of the molecule is C=Cc1c(C)c2cc3[nH]c(cc4nc(cc5nc(cc1[nH]2)C(C)=C5CCC(=O)NC(C(=O)O)=C(C)C)C(CCC(=O)N[C@H](C(=O)O)C(C)C)=C4C)c(C)c3C=C. The number of H-pyrrole nitrogens is 2. The summed E-state index contributed by atoms with van der Waals surface area (Å²) in [7, 11) is 0. The molecule has 2 aliphatic rings. The van der Waals surface area contributed by atoms with Gasteiger partial charge in [-0.3, -0.25) is 9.59 Å². The number of aromatic nitrogens is 4. The van der Waals surface area contributed by atoms with Gasteiger partial charge in [-0.15, -0.1) is 0 Å². The first kappa shape index (κ1) is 40.9. The highest BCUT2D eigenvalue weighted by Gasteiger charge is 2.26. The third kappa shape index (κ3) is 8.34. The van der Waals surface area contributed by atoms with Gasteiger partial charge in [-0.2, -0.15) is 0 Å². The molecule has 292 valence electrons. The molecule has 56 heavy (non-hydrogen) atoms. The summed E-state index contributed by atoms with van der Waals surface area (Å²) < 4.78 is 0. The van der Waals surface area contributed by atoms with E-state index in [0.29, 0.717) is 28.3 Å². The van der Waals surface area contributed by atoms with Gasteiger partial charge in [0.25, 0.3) is 0 Å². The molecule has 0 unspecified atom stereocenters. The van der Waals surface area contributed by atoms with E-state index < -0.39 is 23.9 Å². The molecule has 2 amide bonds. The first-order valence-electron chi connectivity index (χ1n) is 18.6. The van der Waals surface area contributed by atoms with Crippen LogP contribution in [0.3, 0.4) is 0 Å². The summed E-state index contributed by atoms with van der Waals surface area (Å²) in [6, 6.07) is 6.82. The van der Waals surface area contributed by atoms with E-state index >= 15 is 0 Å². The van der Waals surface area contributed by atoms with Gasteiger partial charge in [-0.25, -0.2) is 19.6 Å². The fraction of sp³-hybridized carbons (Fsp3) is 0.318. The maximum absolute atomic E-state index is 13.1. The summed E-state index contributed by atoms with van der Waals surface area (Å²) in [6.07, 6.45) is 4.18. The lowest BCUT2D eigenvalue weighted by molar-refractivity contribution is -0.143. The molecular weight excluding hydrogens is 709 g/mol. The van der Waals surface area contributed by atoms with Crippen molar-refractivity contribution in [1.29, 1.82) is 0 Å². The molecular formula is C44H50N6O6. The van der Waals surface area contributed by atoms with Gasteiger partial charge in [0.15, 0.2) is 0 Å². The predicted molar refractivity (Wildman–Crippen MR) is 223 cm³/mol. The summed E-state index contributed by atoms with van der Waals surface area (Å²) >= 11 is 0. The van der Waals surface area contributed by atoms with Crippen molar-refractivity contribution in [2.45, 2.75) is 87.1 Å². The van der Waals surface area contributed by atoms with Crippen molar-refractivity contribution in [2.24, 2.45) is 5.92 Å². The number of carbonyl (C=O) groups is 4. The number of rotatable bonds is 13. The molecule has 0 saturated heterocycles. The number of aromatic amines is 2. The Hall–Kier alpha value is -6.30. The number of hydrogen-bond acceptors (Lipinski definition) is 6. The minimum atomic E-state index is -1.21. The van der Waals surface area contributed by atoms with Crippen molar-refractivity contribution in [3.8, 4) is 0 Å². The zero-order valence-electron chi connectivity index (χ0n) is 33.3. The van der Waals surface area contributed by atoms with Crippen molar-refractivity contribution in [2.75, 3.05) is 0 Å². The number of aryl methyl sites for hydroxylation is 2. The minimum Gasteiger partial charge on any atom is -0.480 e. The quantitative estimate of drug-likeness (QED) is 0.0937. The third-order valence-electron chi connectivity index (χ3n) is 10.5. The number of allylic oxidation sites excluding steroid dienone is 5. The van der Waals surface area contributed by atoms with Crippen molar-refractivity contribution >= 4 is 80.3 Å². The number of nitrogens with zero attached hydrogens (tertiary/aromatic N) is 2. The van der Waals surface area contributed by atoms with Crippen LogP contribution < -0.4 is 10.6 Å². The molecule has 5 rings (SSSR count). The van der Waals surface area contributed by atoms with Gasteiger partial charge >= 0.3 is 11.9 Å². The number of nitrogens with one attached hydrogen (secondary N) is 4. The molecule has 0 aromatic carbocycles. The summed E-state index contributed by atoms with van der Waals surface area (Å²) in [4.78, 5) is 67.1. The van der Waals surface area contributed by atoms with E-state index in [-0.39, 0.29) is 43.2 Å². The lowest BCUT2D eigenvalue weighted by atomic mass is 9.97. The maximum Gasteiger partial charge on any atom is 0.352 e. The average molecular weight is 759 g/mol. The van der Waals surface area contributed by atoms with Crippen molar-refractivity contribution in [3.63, 3.8) is 0 Å². The average Bonchev–Trinajstić information content (AvgIpc) is 3.79. The number of amides is 2. The molecule has 0 aliphatic carbocycles. The summed E-state index contributed by atoms with van der Waals surface area (Å²) in [6.45, 7) is 22.8. The zero-order chi connectivity index (χ0) is 41.2. The van der Waals surface area contributed by atoms with Crippen molar-refractivity contribution in [3.05, 3.63) is 93.7 Å². The van der Waals surface area contributed by atoms with E-state index in [9.17, 15) is 29.4 Å². The zero-order valence-corrected chi connectivity index (χ0v) is 33.3. The standard InChI is InChI=1S/C44H50N6O6/c1-11-27-23(7)31-17-32-25(9)29(13-15-39(51)49-41(21(3)4)43(53)54)37(47-32)20-38-30(14-16-40(52)50-42(22(5)6)44(55)56)26(10)34(48-38)19-36-28(12-2)24(8)33(46-36)18-35(27)45-31/h11-12,17-21,41,45-46H,1-2,13-16H2,3-10H3,(H,49,51)(H,50,52)(H,53,54)(H,55,56)/t41-/m0/s1. The van der Waals surface area contributed by atoms with Crippen LogP contribution in [0.25, 0.3) is 56.5 Å². The minimum absolute atomic E-state index is 0.00450. The number of aliphatic carboxylic acids is 2. The maximum atomic E-state index is 13.1. The van der Waals surface area contributed by atoms with Crippen molar-refractivity contribution in [1.82, 2.24) is 30.6 Å². The normalized spacial score (nSPS) is 13.1. The molecule has 3 aromatic rings. The fourth-order valence-electron chi connectivity index (χ4n) is 7.13. The highest BCUT2D eigenvalue weighted by Crippen LogP contribution is 2.38. The molecule has 12 heteroatoms. The molecule has 2 aliphatic heterocycles. The first-order chi connectivity index (χ1) is 26.4. The van der Waals surface area contributed by atoms with Crippen LogP contribution >= 0.6 is 0 Å². The van der Waals surface area contributed by atoms with Gasteiger partial charge in [-0.05, 0) is 124 Å². The number of carbonyl (C=O) groups excluding carboxylic acids is 2. The molecule has 0 radical (unpaired) electrons. The van der Waals surface area contributed by atoms with E-state index in [0.717, 1.165) is 66.6 Å². The lowest BCUT2D eigenvalue weighted by Crippen LogP contribution is -2.44. The number of hydrogen-bond donors (Lipinski definition) is 6. The second-order valence-corrected chi connectivity index (χ2v) is 14.8. The Balaban J connectivity index is 1.73. The monoisotopic (exact) mass is 758 g/mol. The Bertz CT molecular complexity index is 2450. The van der Waals surface area contributed by atoms with Gasteiger partial charge in [0.1, 0.15) is 11.7 Å². The number of carboxylic acid groups (broad SMARTS) is 2. The van der Waals surface area contributed by atoms with E-state index in [2.05, 4.69) is 33.8 Å². The molecule has 12 nitrogen and oxygen atoms in total. The second-order valence-electron chi connectivity index (χ2n) is 14.8. The van der Waals surface area contributed by atoms with Gasteiger partial charge in [0.05, 0.1) is 22.8 Å². The third-order valence-corrected chi connectivity index (χ3v) is 10.5. The number of carboxylic acids is 2. The summed E-state index contributed by atoms with van der Waals surface area (Å²) in [5.74, 6) is -3.44. The van der Waals surface area contributed by atoms with Crippen LogP contribution in [0, 0.1) is 19.8 Å². The van der Waals surface area contributed by atoms with E-state index in [1.807, 2.05) is 58.0 Å². The molecule has 1 atom stereocenters. The Morgan fingerprint density at radius 3 is 1.62 bits per heavy atom. The smallest absolute Gasteiger partial charge is 0.352 e. The van der Waals surface area contributed by atoms with Crippen LogP contribution in [0.4, 0.5) is 0 Å². The van der Waals surface area contributed by atoms with Gasteiger partial charge in [0.2, 0.25) is 11.8 Å². The highest BCUT2D eigenvalue weighted by molar-refractivity contribution is 5.98. The molecule has 5 heterocycles. The molecule has 3 aromatic heterocycles. The van der Waals surface area contributed by atoms with Crippen molar-refractivity contribution < 1.29 is 29.4 Å². The Kier molecular flexibility index (Phi) is 12.1. The molecule has 0 fully saturated rings. The fourth-order valence-corrected chi connectivity index (χ4v) is 7.13. The largest absolute Gasteiger partial charge is 0.480 e. The summed E-state index contributed by atoms with van der Waals surface area (Å²) in [5, 5.41) is 24.5. The lowest BCUT2D eigenvalue weighted by Gasteiger charge is -2.18. The Morgan fingerprint density at radius 1 is 0.714 bits per heavy atom. The first-order valence-corrected chi connectivity index (χ1v) is 18.6. The van der Waals surface area contributed by atoms with Gasteiger partial charge in [-0.1, -0.05) is 39.2 Å². The number of fused-ring (bicyclic) bond motifs is 8. The van der Waals surface area contributed by atoms with E-state index in [4.69, 9.17) is 9.97 Å². The van der Waals surface area contributed by atoms with Gasteiger partial charge in [0, 0.05) is 46.0 Å². The molecule has 0 saturated carbocycles. The second kappa shape index (κ2) is 16.6. The van der Waals surface area contributed by atoms with Crippen LogP contribution in [0.5, 0.6) is 0 Å².